The normalized spacial score (nSPS) is 20.7. The summed E-state index contributed by atoms with van der Waals surface area (Å²) in [6.45, 7) is 10.8. The Morgan fingerprint density at radius 1 is 1.46 bits per heavy atom. The summed E-state index contributed by atoms with van der Waals surface area (Å²) < 4.78 is 11.9. The van der Waals surface area contributed by atoms with Crippen LogP contribution in [0.2, 0.25) is 0 Å². The number of hydrogen-bond donors (Lipinski definition) is 0. The Bertz CT molecular complexity index is 667. The highest BCUT2D eigenvalue weighted by Gasteiger charge is 2.40. The van der Waals surface area contributed by atoms with Gasteiger partial charge in [-0.25, -0.2) is 4.98 Å². The molecule has 0 aliphatic heterocycles. The van der Waals surface area contributed by atoms with Crippen LogP contribution >= 0.6 is 15.9 Å². The molecule has 2 rings (SSSR count). The van der Waals surface area contributed by atoms with Gasteiger partial charge < -0.3 is 9.47 Å². The van der Waals surface area contributed by atoms with Crippen LogP contribution in [0.1, 0.15) is 32.5 Å². The van der Waals surface area contributed by atoms with E-state index in [1.165, 1.54) is 11.1 Å². The van der Waals surface area contributed by atoms with Gasteiger partial charge in [-0.05, 0) is 60.2 Å². The van der Waals surface area contributed by atoms with E-state index in [0.29, 0.717) is 30.1 Å². The fourth-order valence-corrected chi connectivity index (χ4v) is 2.82. The Kier molecular flexibility index (Phi) is 6.60. The summed E-state index contributed by atoms with van der Waals surface area (Å²) in [5.74, 6) is 3.21. The van der Waals surface area contributed by atoms with E-state index in [0.717, 1.165) is 23.1 Å². The predicted molar refractivity (Wildman–Crippen MR) is 99.8 cm³/mol. The van der Waals surface area contributed by atoms with Crippen molar-refractivity contribution in [1.29, 1.82) is 0 Å². The summed E-state index contributed by atoms with van der Waals surface area (Å²) in [5.41, 5.74) is 2.49. The van der Waals surface area contributed by atoms with Gasteiger partial charge >= 0.3 is 0 Å². The van der Waals surface area contributed by atoms with E-state index >= 15 is 0 Å². The van der Waals surface area contributed by atoms with Crippen molar-refractivity contribution in [1.82, 2.24) is 9.97 Å². The monoisotopic (exact) mass is 392 g/mol. The molecule has 2 atom stereocenters. The standard InChI is InChI=1S/C19H25BrN2O2/c1-6-12(2)16(8-7-13(3)23-5)17-9-15(17)11-24-19-18(20)10-21-14(4)22-19/h7-8,10,15,17H,2,6,9,11H2,1,3-5H3. The smallest absolute Gasteiger partial charge is 0.231 e. The van der Waals surface area contributed by atoms with Gasteiger partial charge in [0, 0.05) is 12.1 Å². The van der Waals surface area contributed by atoms with Gasteiger partial charge in [0.1, 0.15) is 5.82 Å². The van der Waals surface area contributed by atoms with Gasteiger partial charge in [0.15, 0.2) is 0 Å². The second kappa shape index (κ2) is 8.47. The van der Waals surface area contributed by atoms with Gasteiger partial charge in [-0.1, -0.05) is 25.2 Å². The van der Waals surface area contributed by atoms with Crippen LogP contribution in [0.3, 0.4) is 0 Å². The van der Waals surface area contributed by atoms with Gasteiger partial charge in [-0.3, -0.25) is 0 Å². The van der Waals surface area contributed by atoms with E-state index in [9.17, 15) is 0 Å². The Hall–Kier alpha value is -1.62. The molecule has 0 bridgehead atoms. The van der Waals surface area contributed by atoms with E-state index < -0.39 is 0 Å². The molecular formula is C19H25BrN2O2. The summed E-state index contributed by atoms with van der Waals surface area (Å²) in [6, 6.07) is 0. The molecule has 0 spiro atoms. The van der Waals surface area contributed by atoms with Crippen LogP contribution in [0.4, 0.5) is 0 Å². The first-order valence-electron chi connectivity index (χ1n) is 8.18. The summed E-state index contributed by atoms with van der Waals surface area (Å²) in [7, 11) is 1.68. The van der Waals surface area contributed by atoms with E-state index in [1.807, 2.05) is 19.9 Å². The second-order valence-corrected chi connectivity index (χ2v) is 6.90. The molecule has 1 aromatic rings. The third-order valence-corrected chi connectivity index (χ3v) is 4.79. The number of nitrogens with zero attached hydrogens (tertiary/aromatic N) is 2. The zero-order valence-corrected chi connectivity index (χ0v) is 16.4. The van der Waals surface area contributed by atoms with E-state index in [-0.39, 0.29) is 0 Å². The molecule has 130 valence electrons. The number of methoxy groups -OCH3 is 1. The topological polar surface area (TPSA) is 44.2 Å². The van der Waals surface area contributed by atoms with Crippen LogP contribution in [-0.2, 0) is 4.74 Å². The van der Waals surface area contributed by atoms with Crippen molar-refractivity contribution in [2.75, 3.05) is 13.7 Å². The average Bonchev–Trinajstić information content (AvgIpc) is 3.34. The van der Waals surface area contributed by atoms with Gasteiger partial charge in [0.05, 0.1) is 23.9 Å². The van der Waals surface area contributed by atoms with Crippen molar-refractivity contribution in [3.05, 3.63) is 52.1 Å². The van der Waals surface area contributed by atoms with Crippen LogP contribution in [0, 0.1) is 18.8 Å². The van der Waals surface area contributed by atoms with Gasteiger partial charge in [0.25, 0.3) is 0 Å². The maximum atomic E-state index is 5.89. The molecule has 0 N–H and O–H groups in total. The van der Waals surface area contributed by atoms with E-state index in [4.69, 9.17) is 9.47 Å². The lowest BCUT2D eigenvalue weighted by Gasteiger charge is -2.10. The third kappa shape index (κ3) is 4.94. The molecule has 1 aliphatic rings. The van der Waals surface area contributed by atoms with E-state index in [1.54, 1.807) is 13.3 Å². The Balaban J connectivity index is 2.00. The zero-order valence-electron chi connectivity index (χ0n) is 14.8. The summed E-state index contributed by atoms with van der Waals surface area (Å²) in [4.78, 5) is 8.46. The fraction of sp³-hybridized carbons (Fsp3) is 0.474. The van der Waals surface area contributed by atoms with Crippen molar-refractivity contribution >= 4 is 15.9 Å². The molecule has 0 saturated heterocycles. The fourth-order valence-electron chi connectivity index (χ4n) is 2.52. The van der Waals surface area contributed by atoms with Crippen LogP contribution in [0.5, 0.6) is 5.88 Å². The summed E-state index contributed by atoms with van der Waals surface area (Å²) >= 11 is 3.43. The van der Waals surface area contributed by atoms with Crippen molar-refractivity contribution in [3.8, 4) is 5.88 Å². The molecule has 1 saturated carbocycles. The average molecular weight is 393 g/mol. The van der Waals surface area contributed by atoms with Crippen LogP contribution < -0.4 is 4.74 Å². The van der Waals surface area contributed by atoms with Crippen LogP contribution in [0.15, 0.2) is 46.3 Å². The molecule has 0 aromatic carbocycles. The minimum atomic E-state index is 0.498. The lowest BCUT2D eigenvalue weighted by Crippen LogP contribution is -2.05. The Morgan fingerprint density at radius 2 is 2.21 bits per heavy atom. The maximum Gasteiger partial charge on any atom is 0.231 e. The highest BCUT2D eigenvalue weighted by Crippen LogP contribution is 2.47. The van der Waals surface area contributed by atoms with Crippen molar-refractivity contribution < 1.29 is 9.47 Å². The largest absolute Gasteiger partial charge is 0.501 e. The first-order chi connectivity index (χ1) is 11.5. The molecule has 0 amide bonds. The van der Waals surface area contributed by atoms with Gasteiger partial charge in [-0.2, -0.15) is 4.98 Å². The molecule has 1 aliphatic carbocycles. The highest BCUT2D eigenvalue weighted by molar-refractivity contribution is 9.10. The zero-order chi connectivity index (χ0) is 17.7. The number of rotatable bonds is 8. The van der Waals surface area contributed by atoms with Crippen molar-refractivity contribution in [2.45, 2.75) is 33.6 Å². The molecule has 1 heterocycles. The number of halogens is 1. The lowest BCUT2D eigenvalue weighted by atomic mass is 9.99. The molecular weight excluding hydrogens is 368 g/mol. The first kappa shape index (κ1) is 18.7. The molecule has 24 heavy (non-hydrogen) atoms. The van der Waals surface area contributed by atoms with Crippen LogP contribution in [-0.4, -0.2) is 23.7 Å². The maximum absolute atomic E-state index is 5.89. The minimum absolute atomic E-state index is 0.498. The number of aryl methyl sites for hydroxylation is 1. The van der Waals surface area contributed by atoms with Gasteiger partial charge in [0.2, 0.25) is 5.88 Å². The molecule has 4 nitrogen and oxygen atoms in total. The molecule has 2 unspecified atom stereocenters. The van der Waals surface area contributed by atoms with E-state index in [2.05, 4.69) is 45.5 Å². The number of allylic oxidation sites excluding steroid dienone is 5. The molecule has 1 fully saturated rings. The minimum Gasteiger partial charge on any atom is -0.501 e. The SMILES string of the molecule is C=C(CC)C(=CC=C(C)OC)C1CC1COc1nc(C)ncc1Br. The summed E-state index contributed by atoms with van der Waals surface area (Å²) in [6.07, 6.45) is 7.94. The lowest BCUT2D eigenvalue weighted by molar-refractivity contribution is 0.280. The number of aromatic nitrogens is 2. The van der Waals surface area contributed by atoms with Gasteiger partial charge in [-0.15, -0.1) is 0 Å². The van der Waals surface area contributed by atoms with Crippen LogP contribution in [0.25, 0.3) is 0 Å². The predicted octanol–water partition coefficient (Wildman–Crippen LogP) is 5.01. The Labute approximate surface area is 152 Å². The molecule has 5 heteroatoms. The number of hydrogen-bond acceptors (Lipinski definition) is 4. The molecule has 0 radical (unpaired) electrons. The highest BCUT2D eigenvalue weighted by atomic mass is 79.9. The summed E-state index contributed by atoms with van der Waals surface area (Å²) in [5, 5.41) is 0. The second-order valence-electron chi connectivity index (χ2n) is 6.04. The first-order valence-corrected chi connectivity index (χ1v) is 8.98. The molecule has 1 aromatic heterocycles. The Morgan fingerprint density at radius 3 is 2.88 bits per heavy atom. The van der Waals surface area contributed by atoms with Crippen molar-refractivity contribution in [2.24, 2.45) is 11.8 Å². The van der Waals surface area contributed by atoms with Crippen molar-refractivity contribution in [3.63, 3.8) is 0 Å². The quantitative estimate of drug-likeness (QED) is 0.460. The third-order valence-electron chi connectivity index (χ3n) is 4.24. The number of ether oxygens (including phenoxy) is 2.